The normalized spacial score (nSPS) is 17.6. The minimum absolute atomic E-state index is 0.0874. The van der Waals surface area contributed by atoms with E-state index in [1.165, 1.54) is 0 Å². The molecule has 1 N–H and O–H groups in total. The van der Waals surface area contributed by atoms with E-state index in [1.807, 2.05) is 6.92 Å². The molecule has 1 amide bonds. The first kappa shape index (κ1) is 15.7. The molecule has 1 saturated heterocycles. The summed E-state index contributed by atoms with van der Waals surface area (Å²) in [5.74, 6) is -0.142. The average Bonchev–Trinajstić information content (AvgIpc) is 3.07. The van der Waals surface area contributed by atoms with Crippen molar-refractivity contribution < 1.29 is 9.53 Å². The van der Waals surface area contributed by atoms with Gasteiger partial charge < -0.3 is 14.6 Å². The lowest BCUT2D eigenvalue weighted by molar-refractivity contribution is 0.0858. The van der Waals surface area contributed by atoms with Crippen LogP contribution in [-0.4, -0.2) is 34.7 Å². The lowest BCUT2D eigenvalue weighted by atomic mass is 10.1. The van der Waals surface area contributed by atoms with Crippen molar-refractivity contribution in [2.24, 2.45) is 0 Å². The Morgan fingerprint density at radius 1 is 1.48 bits per heavy atom. The van der Waals surface area contributed by atoms with Gasteiger partial charge in [0.1, 0.15) is 5.69 Å². The lowest BCUT2D eigenvalue weighted by Gasteiger charge is -2.12. The van der Waals surface area contributed by atoms with Gasteiger partial charge in [0, 0.05) is 25.3 Å². The number of rotatable bonds is 4. The van der Waals surface area contributed by atoms with Crippen molar-refractivity contribution in [3.63, 3.8) is 0 Å². The van der Waals surface area contributed by atoms with Gasteiger partial charge in [-0.2, -0.15) is 0 Å². The standard InChI is InChI=1S/C17H21N3O3/c1-3-20-15-7-6-12(9-14(15)19-11(2)17(20)22)16(21)18-10-13-5-4-8-23-13/h6-7,9,13H,3-5,8,10H2,1-2H3,(H,18,21)/t13-/m1/s1. The second-order valence-electron chi connectivity index (χ2n) is 5.80. The van der Waals surface area contributed by atoms with Gasteiger partial charge in [-0.1, -0.05) is 0 Å². The van der Waals surface area contributed by atoms with Crippen LogP contribution in [0.3, 0.4) is 0 Å². The largest absolute Gasteiger partial charge is 0.376 e. The number of aryl methyl sites for hydroxylation is 2. The first-order valence-corrected chi connectivity index (χ1v) is 8.01. The van der Waals surface area contributed by atoms with E-state index in [9.17, 15) is 9.59 Å². The molecule has 0 bridgehead atoms. The Morgan fingerprint density at radius 2 is 2.30 bits per heavy atom. The van der Waals surface area contributed by atoms with Crippen LogP contribution in [0, 0.1) is 6.92 Å². The molecule has 1 aliphatic heterocycles. The van der Waals surface area contributed by atoms with Crippen LogP contribution in [0.1, 0.15) is 35.8 Å². The van der Waals surface area contributed by atoms with Crippen molar-refractivity contribution in [2.45, 2.75) is 39.3 Å². The highest BCUT2D eigenvalue weighted by atomic mass is 16.5. The Hall–Kier alpha value is -2.21. The zero-order valence-corrected chi connectivity index (χ0v) is 13.5. The summed E-state index contributed by atoms with van der Waals surface area (Å²) in [6, 6.07) is 5.25. The minimum Gasteiger partial charge on any atom is -0.376 e. The third-order valence-electron chi connectivity index (χ3n) is 4.20. The second-order valence-corrected chi connectivity index (χ2v) is 5.80. The summed E-state index contributed by atoms with van der Waals surface area (Å²) in [6.45, 7) is 5.48. The Labute approximate surface area is 134 Å². The summed E-state index contributed by atoms with van der Waals surface area (Å²) in [6.07, 6.45) is 2.15. The number of aromatic nitrogens is 2. The Kier molecular flexibility index (Phi) is 4.43. The predicted molar refractivity (Wildman–Crippen MR) is 87.7 cm³/mol. The molecule has 0 saturated carbocycles. The van der Waals surface area contributed by atoms with E-state index in [2.05, 4.69) is 10.3 Å². The monoisotopic (exact) mass is 315 g/mol. The SMILES string of the molecule is CCn1c(=O)c(C)nc2cc(C(=O)NC[C@H]3CCCO3)ccc21. The highest BCUT2D eigenvalue weighted by Gasteiger charge is 2.17. The molecule has 6 nitrogen and oxygen atoms in total. The molecule has 0 aliphatic carbocycles. The van der Waals surface area contributed by atoms with Crippen LogP contribution in [0.5, 0.6) is 0 Å². The Morgan fingerprint density at radius 3 is 3.00 bits per heavy atom. The van der Waals surface area contributed by atoms with Crippen molar-refractivity contribution in [3.05, 3.63) is 39.8 Å². The summed E-state index contributed by atoms with van der Waals surface area (Å²) >= 11 is 0. The highest BCUT2D eigenvalue weighted by Crippen LogP contribution is 2.14. The molecular formula is C17H21N3O3. The van der Waals surface area contributed by atoms with Crippen molar-refractivity contribution in [1.82, 2.24) is 14.9 Å². The third kappa shape index (κ3) is 3.12. The van der Waals surface area contributed by atoms with Crippen molar-refractivity contribution in [2.75, 3.05) is 13.2 Å². The predicted octanol–water partition coefficient (Wildman–Crippen LogP) is 1.63. The number of ether oxygens (including phenoxy) is 1. The molecule has 0 unspecified atom stereocenters. The van der Waals surface area contributed by atoms with Crippen molar-refractivity contribution >= 4 is 16.9 Å². The first-order chi connectivity index (χ1) is 11.1. The van der Waals surface area contributed by atoms with Gasteiger partial charge in [0.25, 0.3) is 11.5 Å². The smallest absolute Gasteiger partial charge is 0.272 e. The molecule has 2 heterocycles. The summed E-state index contributed by atoms with van der Waals surface area (Å²) in [7, 11) is 0. The van der Waals surface area contributed by atoms with Crippen LogP contribution >= 0.6 is 0 Å². The van der Waals surface area contributed by atoms with Crippen LogP contribution in [0.4, 0.5) is 0 Å². The van der Waals surface area contributed by atoms with E-state index >= 15 is 0 Å². The van der Waals surface area contributed by atoms with Gasteiger partial charge in [-0.05, 0) is 44.9 Å². The molecule has 122 valence electrons. The fourth-order valence-electron chi connectivity index (χ4n) is 2.94. The summed E-state index contributed by atoms with van der Waals surface area (Å²) in [4.78, 5) is 28.7. The molecule has 6 heteroatoms. The van der Waals surface area contributed by atoms with Gasteiger partial charge in [0.2, 0.25) is 0 Å². The van der Waals surface area contributed by atoms with E-state index in [0.29, 0.717) is 29.9 Å². The van der Waals surface area contributed by atoms with E-state index in [4.69, 9.17) is 4.74 Å². The van der Waals surface area contributed by atoms with Gasteiger partial charge in [-0.15, -0.1) is 0 Å². The number of nitrogens with one attached hydrogen (secondary N) is 1. The van der Waals surface area contributed by atoms with Crippen LogP contribution in [0.15, 0.2) is 23.0 Å². The molecule has 1 aromatic carbocycles. The lowest BCUT2D eigenvalue weighted by Crippen LogP contribution is -2.31. The number of nitrogens with zero attached hydrogens (tertiary/aromatic N) is 2. The number of hydrogen-bond acceptors (Lipinski definition) is 4. The topological polar surface area (TPSA) is 73.2 Å². The maximum Gasteiger partial charge on any atom is 0.272 e. The molecule has 1 aromatic heterocycles. The van der Waals surface area contributed by atoms with Crippen molar-refractivity contribution in [3.8, 4) is 0 Å². The first-order valence-electron chi connectivity index (χ1n) is 8.01. The maximum atomic E-state index is 12.3. The number of fused-ring (bicyclic) bond motifs is 1. The van der Waals surface area contributed by atoms with Gasteiger partial charge in [0.05, 0.1) is 17.1 Å². The molecule has 23 heavy (non-hydrogen) atoms. The minimum atomic E-state index is -0.142. The number of carbonyl (C=O) groups excluding carboxylic acids is 1. The number of hydrogen-bond donors (Lipinski definition) is 1. The molecule has 3 rings (SSSR count). The molecule has 0 spiro atoms. The van der Waals surface area contributed by atoms with Crippen LogP contribution in [0.25, 0.3) is 11.0 Å². The van der Waals surface area contributed by atoms with E-state index in [1.54, 1.807) is 29.7 Å². The third-order valence-corrected chi connectivity index (χ3v) is 4.20. The summed E-state index contributed by atoms with van der Waals surface area (Å²) in [5, 5.41) is 2.90. The van der Waals surface area contributed by atoms with Crippen LogP contribution < -0.4 is 10.9 Å². The molecule has 0 radical (unpaired) electrons. The molecule has 1 fully saturated rings. The van der Waals surface area contributed by atoms with Gasteiger partial charge in [0.15, 0.2) is 0 Å². The van der Waals surface area contributed by atoms with Gasteiger partial charge >= 0.3 is 0 Å². The molecule has 1 atom stereocenters. The zero-order valence-electron chi connectivity index (χ0n) is 13.5. The summed E-state index contributed by atoms with van der Waals surface area (Å²) < 4.78 is 7.18. The van der Waals surface area contributed by atoms with E-state index in [-0.39, 0.29) is 17.6 Å². The van der Waals surface area contributed by atoms with Crippen molar-refractivity contribution in [1.29, 1.82) is 0 Å². The van der Waals surface area contributed by atoms with E-state index < -0.39 is 0 Å². The number of amides is 1. The Bertz CT molecular complexity index is 792. The molecular weight excluding hydrogens is 294 g/mol. The molecule has 2 aromatic rings. The van der Waals surface area contributed by atoms with Crippen LogP contribution in [-0.2, 0) is 11.3 Å². The molecule has 1 aliphatic rings. The fourth-order valence-corrected chi connectivity index (χ4v) is 2.94. The zero-order chi connectivity index (χ0) is 16.4. The average molecular weight is 315 g/mol. The second kappa shape index (κ2) is 6.50. The fraction of sp³-hybridized carbons (Fsp3) is 0.471. The van der Waals surface area contributed by atoms with E-state index in [0.717, 1.165) is 25.0 Å². The van der Waals surface area contributed by atoms with Gasteiger partial charge in [-0.25, -0.2) is 4.98 Å². The quantitative estimate of drug-likeness (QED) is 0.931. The highest BCUT2D eigenvalue weighted by molar-refractivity contribution is 5.97. The number of benzene rings is 1. The maximum absolute atomic E-state index is 12.3. The van der Waals surface area contributed by atoms with Gasteiger partial charge in [-0.3, -0.25) is 9.59 Å². The number of carbonyl (C=O) groups is 1. The Balaban J connectivity index is 1.86. The van der Waals surface area contributed by atoms with Crippen LogP contribution in [0.2, 0.25) is 0 Å². The summed E-state index contributed by atoms with van der Waals surface area (Å²) in [5.41, 5.74) is 2.31.